The van der Waals surface area contributed by atoms with Gasteiger partial charge in [-0.2, -0.15) is 24.2 Å². The number of alkyl halides is 3. The van der Waals surface area contributed by atoms with Crippen molar-refractivity contribution in [3.8, 4) is 0 Å². The summed E-state index contributed by atoms with van der Waals surface area (Å²) >= 11 is 5.50. The second kappa shape index (κ2) is 4.19. The van der Waals surface area contributed by atoms with E-state index in [1.807, 2.05) is 0 Å². The van der Waals surface area contributed by atoms with Crippen molar-refractivity contribution in [2.45, 2.75) is 12.3 Å². The lowest BCUT2D eigenvalue weighted by Crippen LogP contribution is -2.33. The highest BCUT2D eigenvalue weighted by Crippen LogP contribution is 2.35. The third-order valence-electron chi connectivity index (χ3n) is 2.12. The summed E-state index contributed by atoms with van der Waals surface area (Å²) in [5.41, 5.74) is 9.99. The van der Waals surface area contributed by atoms with Crippen LogP contribution in [0.2, 0.25) is 5.02 Å². The quantitative estimate of drug-likeness (QED) is 0.612. The van der Waals surface area contributed by atoms with Gasteiger partial charge in [0.05, 0.1) is 10.6 Å². The fourth-order valence-corrected chi connectivity index (χ4v) is 1.58. The van der Waals surface area contributed by atoms with Gasteiger partial charge in [-0.1, -0.05) is 17.7 Å². The largest absolute Gasteiger partial charge is 0.417 e. The molecule has 0 saturated carbocycles. The molecule has 0 bridgehead atoms. The molecular formula is C8H8ClF3N4. The first-order valence-electron chi connectivity index (χ1n) is 4.36. The monoisotopic (exact) mass is 252 g/mol. The highest BCUT2D eigenvalue weighted by atomic mass is 35.5. The first-order chi connectivity index (χ1) is 7.48. The summed E-state index contributed by atoms with van der Waals surface area (Å²) < 4.78 is 37.7. The summed E-state index contributed by atoms with van der Waals surface area (Å²) in [6, 6.07) is 3.74. The molecule has 0 unspecified atom stereocenters. The van der Waals surface area contributed by atoms with Gasteiger partial charge in [0.1, 0.15) is 6.17 Å². The van der Waals surface area contributed by atoms with Crippen molar-refractivity contribution in [1.29, 1.82) is 0 Å². The maximum atomic E-state index is 12.6. The van der Waals surface area contributed by atoms with Crippen molar-refractivity contribution in [3.63, 3.8) is 0 Å². The molecule has 88 valence electrons. The first-order valence-corrected chi connectivity index (χ1v) is 4.74. The third kappa shape index (κ3) is 2.28. The Kier molecular flexibility index (Phi) is 3.04. The molecule has 0 atom stereocenters. The number of hydrogen-bond acceptors (Lipinski definition) is 4. The van der Waals surface area contributed by atoms with E-state index in [0.29, 0.717) is 5.56 Å². The molecule has 1 fully saturated rings. The molecule has 8 heteroatoms. The molecule has 4 nitrogen and oxygen atoms in total. The van der Waals surface area contributed by atoms with E-state index in [4.69, 9.17) is 11.6 Å². The lowest BCUT2D eigenvalue weighted by molar-refractivity contribution is -0.137. The first kappa shape index (κ1) is 11.6. The number of rotatable bonds is 1. The topological polar surface area (TPSA) is 48.1 Å². The molecule has 4 N–H and O–H groups in total. The van der Waals surface area contributed by atoms with Gasteiger partial charge in [0.2, 0.25) is 0 Å². The summed E-state index contributed by atoms with van der Waals surface area (Å²) in [4.78, 5) is 0. The molecular weight excluding hydrogens is 245 g/mol. The van der Waals surface area contributed by atoms with E-state index >= 15 is 0 Å². The second-order valence-electron chi connectivity index (χ2n) is 3.21. The Morgan fingerprint density at radius 3 is 2.31 bits per heavy atom. The van der Waals surface area contributed by atoms with Crippen LogP contribution in [0, 0.1) is 0 Å². The van der Waals surface area contributed by atoms with E-state index in [1.165, 1.54) is 12.1 Å². The second-order valence-corrected chi connectivity index (χ2v) is 3.62. The van der Waals surface area contributed by atoms with Crippen molar-refractivity contribution in [2.24, 2.45) is 0 Å². The smallest absolute Gasteiger partial charge is 0.221 e. The van der Waals surface area contributed by atoms with Crippen LogP contribution in [-0.4, -0.2) is 0 Å². The van der Waals surface area contributed by atoms with Crippen LogP contribution in [0.15, 0.2) is 18.2 Å². The van der Waals surface area contributed by atoms with Crippen molar-refractivity contribution in [2.75, 3.05) is 0 Å². The zero-order chi connectivity index (χ0) is 11.8. The average molecular weight is 253 g/mol. The van der Waals surface area contributed by atoms with Crippen molar-refractivity contribution >= 4 is 11.6 Å². The van der Waals surface area contributed by atoms with E-state index in [-0.39, 0.29) is 5.02 Å². The van der Waals surface area contributed by atoms with E-state index in [0.717, 1.165) is 6.07 Å². The van der Waals surface area contributed by atoms with Gasteiger partial charge in [-0.3, -0.25) is 0 Å². The molecule has 0 spiro atoms. The Balaban J connectivity index is 2.35. The molecule has 2 rings (SSSR count). The molecule has 1 aliphatic rings. The van der Waals surface area contributed by atoms with E-state index in [2.05, 4.69) is 21.9 Å². The number of hydrazine groups is 3. The number of hydrogen-bond donors (Lipinski definition) is 4. The Bertz CT molecular complexity index is 389. The minimum absolute atomic E-state index is 0.310. The van der Waals surface area contributed by atoms with Crippen LogP contribution in [-0.2, 0) is 6.18 Å². The summed E-state index contributed by atoms with van der Waals surface area (Å²) in [5.74, 6) is 0. The molecule has 1 saturated heterocycles. The Morgan fingerprint density at radius 2 is 1.75 bits per heavy atom. The zero-order valence-electron chi connectivity index (χ0n) is 7.82. The molecule has 16 heavy (non-hydrogen) atoms. The molecule has 1 aromatic rings. The number of halogens is 4. The molecule has 0 amide bonds. The fraction of sp³-hybridized carbons (Fsp3) is 0.250. The maximum Gasteiger partial charge on any atom is 0.417 e. The van der Waals surface area contributed by atoms with Gasteiger partial charge in [-0.25, -0.2) is 10.9 Å². The maximum absolute atomic E-state index is 12.6. The Labute approximate surface area is 94.1 Å². The summed E-state index contributed by atoms with van der Waals surface area (Å²) in [6.45, 7) is 0. The molecule has 1 aliphatic heterocycles. The summed E-state index contributed by atoms with van der Waals surface area (Å²) in [6.07, 6.45) is -4.90. The van der Waals surface area contributed by atoms with Gasteiger partial charge in [-0.05, 0) is 17.7 Å². The van der Waals surface area contributed by atoms with Crippen LogP contribution in [0.1, 0.15) is 17.3 Å². The van der Waals surface area contributed by atoms with Crippen molar-refractivity contribution in [1.82, 2.24) is 21.9 Å². The standard InChI is InChI=1S/C8H8ClF3N4/c9-6-2-1-4(7-13-15-16-14-7)3-5(6)8(10,11)12/h1-3,7,13-16H. The summed E-state index contributed by atoms with van der Waals surface area (Å²) in [5, 5.41) is -0.310. The van der Waals surface area contributed by atoms with Crippen molar-refractivity contribution in [3.05, 3.63) is 34.3 Å². The summed E-state index contributed by atoms with van der Waals surface area (Å²) in [7, 11) is 0. The highest BCUT2D eigenvalue weighted by molar-refractivity contribution is 6.31. The normalized spacial score (nSPS) is 18.0. The van der Waals surface area contributed by atoms with E-state index < -0.39 is 17.9 Å². The molecule has 0 aliphatic carbocycles. The van der Waals surface area contributed by atoms with Gasteiger partial charge in [0, 0.05) is 0 Å². The van der Waals surface area contributed by atoms with Crippen molar-refractivity contribution < 1.29 is 13.2 Å². The minimum Gasteiger partial charge on any atom is -0.221 e. The lowest BCUT2D eigenvalue weighted by atomic mass is 10.1. The number of nitrogens with one attached hydrogen (secondary N) is 4. The number of benzene rings is 1. The zero-order valence-corrected chi connectivity index (χ0v) is 8.58. The van der Waals surface area contributed by atoms with Gasteiger partial charge >= 0.3 is 6.18 Å². The van der Waals surface area contributed by atoms with Gasteiger partial charge < -0.3 is 0 Å². The predicted octanol–water partition coefficient (Wildman–Crippen LogP) is 1.47. The van der Waals surface area contributed by atoms with E-state index in [1.54, 1.807) is 0 Å². The van der Waals surface area contributed by atoms with Gasteiger partial charge in [0.15, 0.2) is 0 Å². The van der Waals surface area contributed by atoms with Gasteiger partial charge in [0.25, 0.3) is 0 Å². The minimum atomic E-state index is -4.45. The third-order valence-corrected chi connectivity index (χ3v) is 2.45. The van der Waals surface area contributed by atoms with Crippen LogP contribution >= 0.6 is 11.6 Å². The Hall–Kier alpha value is -0.860. The van der Waals surface area contributed by atoms with Crippen LogP contribution < -0.4 is 21.9 Å². The lowest BCUT2D eigenvalue weighted by Gasteiger charge is -2.14. The molecule has 1 heterocycles. The molecule has 0 aromatic heterocycles. The average Bonchev–Trinajstić information content (AvgIpc) is 2.69. The highest BCUT2D eigenvalue weighted by Gasteiger charge is 2.34. The SMILES string of the molecule is FC(F)(F)c1cc(C2NNNN2)ccc1Cl. The van der Waals surface area contributed by atoms with Crippen LogP contribution in [0.25, 0.3) is 0 Å². The van der Waals surface area contributed by atoms with Crippen LogP contribution in [0.3, 0.4) is 0 Å². The van der Waals surface area contributed by atoms with Crippen LogP contribution in [0.5, 0.6) is 0 Å². The van der Waals surface area contributed by atoms with E-state index in [9.17, 15) is 13.2 Å². The molecule has 1 aromatic carbocycles. The van der Waals surface area contributed by atoms with Crippen LogP contribution in [0.4, 0.5) is 13.2 Å². The van der Waals surface area contributed by atoms with Gasteiger partial charge in [-0.15, -0.1) is 0 Å². The Morgan fingerprint density at radius 1 is 1.12 bits per heavy atom. The predicted molar refractivity (Wildman–Crippen MR) is 51.7 cm³/mol. The fourth-order valence-electron chi connectivity index (χ4n) is 1.36. The molecule has 0 radical (unpaired) electrons.